The molecular weight excluding hydrogens is 327 g/mol. The molecule has 0 radical (unpaired) electrons. The molecule has 128 valence electrons. The number of anilines is 3. The highest BCUT2D eigenvalue weighted by atomic mass is 19.1. The summed E-state index contributed by atoms with van der Waals surface area (Å²) in [7, 11) is 0. The lowest BCUT2D eigenvalue weighted by Gasteiger charge is -2.29. The van der Waals surface area contributed by atoms with E-state index in [0.717, 1.165) is 0 Å². The van der Waals surface area contributed by atoms with Crippen molar-refractivity contribution in [1.29, 1.82) is 0 Å². The summed E-state index contributed by atoms with van der Waals surface area (Å²) in [4.78, 5) is 37.1. The van der Waals surface area contributed by atoms with E-state index in [2.05, 4.69) is 16.0 Å². The van der Waals surface area contributed by atoms with Gasteiger partial charge in [0.25, 0.3) is 0 Å². The van der Waals surface area contributed by atoms with Gasteiger partial charge in [0, 0.05) is 0 Å². The predicted molar refractivity (Wildman–Crippen MR) is 90.8 cm³/mol. The molecule has 8 heteroatoms. The molecule has 0 saturated carbocycles. The summed E-state index contributed by atoms with van der Waals surface area (Å²) in [5.41, 5.74) is 1.09. The molecule has 0 saturated heterocycles. The Bertz CT molecular complexity index is 840. The van der Waals surface area contributed by atoms with Crippen LogP contribution in [0.2, 0.25) is 0 Å². The van der Waals surface area contributed by atoms with E-state index in [4.69, 9.17) is 0 Å². The second kappa shape index (κ2) is 7.00. The smallest absolute Gasteiger partial charge is 0.322 e. The maximum atomic E-state index is 13.5. The fourth-order valence-electron chi connectivity index (χ4n) is 2.42. The summed E-state index contributed by atoms with van der Waals surface area (Å²) in [5.74, 6) is -1.47. The van der Waals surface area contributed by atoms with Gasteiger partial charge in [-0.3, -0.25) is 14.5 Å². The van der Waals surface area contributed by atoms with Gasteiger partial charge in [-0.25, -0.2) is 9.18 Å². The number of carbonyl (C=O) groups is 3. The number of amides is 4. The largest absolute Gasteiger partial charge is 0.329 e. The quantitative estimate of drug-likeness (QED) is 0.796. The second-order valence-corrected chi connectivity index (χ2v) is 5.34. The first-order valence-electron chi connectivity index (χ1n) is 7.53. The van der Waals surface area contributed by atoms with Gasteiger partial charge in [0.2, 0.25) is 11.8 Å². The van der Waals surface area contributed by atoms with Crippen molar-refractivity contribution in [2.75, 3.05) is 28.6 Å². The van der Waals surface area contributed by atoms with Crippen molar-refractivity contribution in [3.63, 3.8) is 0 Å². The van der Waals surface area contributed by atoms with Crippen LogP contribution in [0, 0.1) is 5.82 Å². The van der Waals surface area contributed by atoms with Crippen molar-refractivity contribution in [2.24, 2.45) is 0 Å². The minimum atomic E-state index is -0.592. The lowest BCUT2D eigenvalue weighted by atomic mass is 10.2. The summed E-state index contributed by atoms with van der Waals surface area (Å²) in [6.45, 7) is -0.509. The molecule has 0 spiro atoms. The van der Waals surface area contributed by atoms with Gasteiger partial charge in [-0.2, -0.15) is 0 Å². The number of nitrogens with zero attached hydrogens (tertiary/aromatic N) is 1. The van der Waals surface area contributed by atoms with Crippen LogP contribution in [0.3, 0.4) is 0 Å². The van der Waals surface area contributed by atoms with Crippen LogP contribution in [0.15, 0.2) is 48.5 Å². The molecule has 2 aromatic carbocycles. The zero-order valence-corrected chi connectivity index (χ0v) is 13.1. The van der Waals surface area contributed by atoms with E-state index < -0.39 is 17.8 Å². The van der Waals surface area contributed by atoms with Gasteiger partial charge >= 0.3 is 6.03 Å². The summed E-state index contributed by atoms with van der Waals surface area (Å²) < 4.78 is 13.5. The molecule has 2 aromatic rings. The Hall–Kier alpha value is -3.42. The van der Waals surface area contributed by atoms with Crippen molar-refractivity contribution < 1.29 is 18.8 Å². The van der Waals surface area contributed by atoms with Gasteiger partial charge in [-0.05, 0) is 24.3 Å². The van der Waals surface area contributed by atoms with Crippen molar-refractivity contribution >= 4 is 34.9 Å². The number of fused-ring (bicyclic) bond motifs is 1. The molecule has 0 unspecified atom stereocenters. The zero-order chi connectivity index (χ0) is 17.8. The third-order valence-electron chi connectivity index (χ3n) is 3.56. The highest BCUT2D eigenvalue weighted by Gasteiger charge is 2.26. The maximum Gasteiger partial charge on any atom is 0.322 e. The van der Waals surface area contributed by atoms with Crippen LogP contribution in [0.1, 0.15) is 0 Å². The second-order valence-electron chi connectivity index (χ2n) is 5.34. The number of halogens is 1. The molecule has 0 aromatic heterocycles. The lowest BCUT2D eigenvalue weighted by molar-refractivity contribution is -0.115. The Morgan fingerprint density at radius 3 is 2.64 bits per heavy atom. The maximum absolute atomic E-state index is 13.5. The Morgan fingerprint density at radius 2 is 1.84 bits per heavy atom. The molecule has 3 rings (SSSR count). The minimum absolute atomic E-state index is 0.0319. The van der Waals surface area contributed by atoms with E-state index in [-0.39, 0.29) is 24.7 Å². The number of carbonyl (C=O) groups excluding carboxylic acids is 3. The Kier molecular flexibility index (Phi) is 4.60. The molecule has 25 heavy (non-hydrogen) atoms. The van der Waals surface area contributed by atoms with E-state index in [1.807, 2.05) is 0 Å². The predicted octanol–water partition coefficient (Wildman–Crippen LogP) is 1.93. The number of hydrogen-bond acceptors (Lipinski definition) is 3. The molecule has 4 amide bonds. The first-order valence-corrected chi connectivity index (χ1v) is 7.53. The fraction of sp³-hybridized carbons (Fsp3) is 0.118. The normalized spacial score (nSPS) is 12.8. The number of rotatable bonds is 3. The highest BCUT2D eigenvalue weighted by molar-refractivity contribution is 6.10. The van der Waals surface area contributed by atoms with E-state index >= 15 is 0 Å². The summed E-state index contributed by atoms with van der Waals surface area (Å²) in [5, 5.41) is 7.46. The molecule has 7 nitrogen and oxygen atoms in total. The average molecular weight is 342 g/mol. The van der Waals surface area contributed by atoms with Gasteiger partial charge in [0.05, 0.1) is 23.6 Å². The Labute approximate surface area is 142 Å². The van der Waals surface area contributed by atoms with Crippen LogP contribution in [0.5, 0.6) is 0 Å². The van der Waals surface area contributed by atoms with Crippen molar-refractivity contribution in [1.82, 2.24) is 5.32 Å². The number of para-hydroxylation sites is 3. The zero-order valence-electron chi connectivity index (χ0n) is 13.1. The molecule has 0 fully saturated rings. The molecule has 1 heterocycles. The third-order valence-corrected chi connectivity index (χ3v) is 3.56. The van der Waals surface area contributed by atoms with Gasteiger partial charge < -0.3 is 16.0 Å². The molecule has 3 N–H and O–H groups in total. The third kappa shape index (κ3) is 3.74. The number of urea groups is 1. The number of benzene rings is 2. The van der Waals surface area contributed by atoms with E-state index in [1.165, 1.54) is 23.1 Å². The van der Waals surface area contributed by atoms with E-state index in [9.17, 15) is 18.8 Å². The highest BCUT2D eigenvalue weighted by Crippen LogP contribution is 2.28. The Balaban J connectivity index is 1.62. The monoisotopic (exact) mass is 342 g/mol. The van der Waals surface area contributed by atoms with Crippen LogP contribution in [-0.4, -0.2) is 30.9 Å². The molecule has 0 aliphatic carbocycles. The SMILES string of the molecule is O=C(CNC(=O)N1CC(=O)Nc2ccccc21)Nc1ccccc1F. The Morgan fingerprint density at radius 1 is 1.12 bits per heavy atom. The van der Waals surface area contributed by atoms with Crippen LogP contribution in [0.25, 0.3) is 0 Å². The molecular formula is C17H15FN4O3. The summed E-state index contributed by atoms with van der Waals surface area (Å²) >= 11 is 0. The van der Waals surface area contributed by atoms with Crippen molar-refractivity contribution in [2.45, 2.75) is 0 Å². The van der Waals surface area contributed by atoms with Crippen molar-refractivity contribution in [3.05, 3.63) is 54.3 Å². The van der Waals surface area contributed by atoms with E-state index in [0.29, 0.717) is 11.4 Å². The van der Waals surface area contributed by atoms with Crippen LogP contribution in [0.4, 0.5) is 26.2 Å². The molecule has 0 bridgehead atoms. The van der Waals surface area contributed by atoms with Gasteiger partial charge in [-0.15, -0.1) is 0 Å². The standard InChI is InChI=1S/C17H15FN4O3/c18-11-5-1-2-6-12(11)20-15(23)9-19-17(25)22-10-16(24)21-13-7-3-4-8-14(13)22/h1-8H,9-10H2,(H,19,25)(H,20,23)(H,21,24). The van der Waals surface area contributed by atoms with Crippen LogP contribution < -0.4 is 20.9 Å². The number of hydrogen-bond donors (Lipinski definition) is 3. The first-order chi connectivity index (χ1) is 12.0. The summed E-state index contributed by atoms with van der Waals surface area (Å²) in [6, 6.07) is 12.0. The first kappa shape index (κ1) is 16.4. The van der Waals surface area contributed by atoms with Crippen molar-refractivity contribution in [3.8, 4) is 0 Å². The fourth-order valence-corrected chi connectivity index (χ4v) is 2.42. The molecule has 1 aliphatic heterocycles. The van der Waals surface area contributed by atoms with Crippen LogP contribution in [-0.2, 0) is 9.59 Å². The molecule has 0 atom stereocenters. The topological polar surface area (TPSA) is 90.5 Å². The summed E-state index contributed by atoms with van der Waals surface area (Å²) in [6.07, 6.45) is 0. The minimum Gasteiger partial charge on any atom is -0.329 e. The average Bonchev–Trinajstić information content (AvgIpc) is 2.61. The lowest BCUT2D eigenvalue weighted by Crippen LogP contribution is -2.48. The van der Waals surface area contributed by atoms with Crippen LogP contribution >= 0.6 is 0 Å². The molecule has 1 aliphatic rings. The van der Waals surface area contributed by atoms with Gasteiger partial charge in [-0.1, -0.05) is 24.3 Å². The number of nitrogens with one attached hydrogen (secondary N) is 3. The van der Waals surface area contributed by atoms with E-state index in [1.54, 1.807) is 30.3 Å². The van der Waals surface area contributed by atoms with Gasteiger partial charge in [0.15, 0.2) is 0 Å². The van der Waals surface area contributed by atoms with Gasteiger partial charge in [0.1, 0.15) is 12.4 Å².